The van der Waals surface area contributed by atoms with Gasteiger partial charge in [-0.1, -0.05) is 41.5 Å². The maximum atomic E-state index is 13.8. The quantitative estimate of drug-likeness (QED) is 0.189. The monoisotopic (exact) mass is 958 g/mol. The molecule has 5 heterocycles. The average molecular weight is 959 g/mol. The molecule has 20 heteroatoms. The summed E-state index contributed by atoms with van der Waals surface area (Å²) in [6, 6.07) is 1.22. The van der Waals surface area contributed by atoms with Gasteiger partial charge in [0.1, 0.15) is 23.3 Å². The number of hydrogen-bond acceptors (Lipinski definition) is 15. The van der Waals surface area contributed by atoms with Gasteiger partial charge in [0.05, 0.1) is 38.1 Å². The molecule has 0 bridgehead atoms. The first-order valence-electron chi connectivity index (χ1n) is 22.8. The maximum absolute atomic E-state index is 13.8. The van der Waals surface area contributed by atoms with E-state index in [4.69, 9.17) is 30.5 Å². The van der Waals surface area contributed by atoms with Crippen LogP contribution in [0.25, 0.3) is 0 Å². The molecule has 1 saturated carbocycles. The average Bonchev–Trinajstić information content (AvgIpc) is 4.03. The molecule has 0 aromatic carbocycles. The number of amides is 4. The van der Waals surface area contributed by atoms with E-state index in [0.29, 0.717) is 43.2 Å². The van der Waals surface area contributed by atoms with E-state index in [0.717, 1.165) is 19.3 Å². The molecular formula is C47H72ClN9O10. The molecule has 372 valence electrons. The Labute approximate surface area is 400 Å². The van der Waals surface area contributed by atoms with Crippen LogP contribution in [0.3, 0.4) is 0 Å². The van der Waals surface area contributed by atoms with Crippen molar-refractivity contribution < 1.29 is 47.7 Å². The van der Waals surface area contributed by atoms with Gasteiger partial charge in [-0.2, -0.15) is 0 Å². The predicted molar refractivity (Wildman–Crippen MR) is 249 cm³/mol. The van der Waals surface area contributed by atoms with Gasteiger partial charge >= 0.3 is 24.1 Å². The molecular weight excluding hydrogens is 886 g/mol. The van der Waals surface area contributed by atoms with Crippen LogP contribution in [0.1, 0.15) is 109 Å². The molecule has 0 spiro atoms. The molecule has 3 saturated heterocycles. The van der Waals surface area contributed by atoms with Crippen molar-refractivity contribution >= 4 is 53.5 Å². The third kappa shape index (κ3) is 14.6. The summed E-state index contributed by atoms with van der Waals surface area (Å²) in [6.45, 7) is 23.5. The fourth-order valence-electron chi connectivity index (χ4n) is 9.10. The third-order valence-corrected chi connectivity index (χ3v) is 12.1. The molecule has 4 fully saturated rings. The molecule has 19 nitrogen and oxygen atoms in total. The van der Waals surface area contributed by atoms with Crippen molar-refractivity contribution in [2.75, 3.05) is 38.8 Å². The van der Waals surface area contributed by atoms with E-state index in [1.807, 2.05) is 46.4 Å². The van der Waals surface area contributed by atoms with Crippen molar-refractivity contribution in [2.24, 2.45) is 28.6 Å². The molecule has 8 atom stereocenters. The molecule has 2 aromatic heterocycles. The van der Waals surface area contributed by atoms with Crippen LogP contribution >= 0.6 is 11.6 Å². The van der Waals surface area contributed by atoms with Crippen LogP contribution in [-0.4, -0.2) is 141 Å². The van der Waals surface area contributed by atoms with Crippen molar-refractivity contribution in [3.05, 3.63) is 42.2 Å². The lowest BCUT2D eigenvalue weighted by Gasteiger charge is -2.37. The summed E-state index contributed by atoms with van der Waals surface area (Å²) in [5.74, 6) is -1.02. The number of alkyl carbamates (subject to hydrolysis) is 2. The zero-order valence-corrected chi connectivity index (χ0v) is 42.4. The van der Waals surface area contributed by atoms with Crippen molar-refractivity contribution in [1.29, 1.82) is 0 Å². The lowest BCUT2D eigenvalue weighted by molar-refractivity contribution is -0.150. The fourth-order valence-corrected chi connectivity index (χ4v) is 9.22. The topological polar surface area (TPSA) is 225 Å². The Bertz CT molecular complexity index is 2020. The Balaban J connectivity index is 0.000000258. The first-order valence-corrected chi connectivity index (χ1v) is 23.2. The lowest BCUT2D eigenvalue weighted by Crippen LogP contribution is -2.58. The van der Waals surface area contributed by atoms with Crippen LogP contribution in [0.15, 0.2) is 36.9 Å². The second-order valence-electron chi connectivity index (χ2n) is 21.4. The van der Waals surface area contributed by atoms with Crippen LogP contribution in [0, 0.1) is 28.6 Å². The van der Waals surface area contributed by atoms with Gasteiger partial charge in [0.15, 0.2) is 0 Å². The van der Waals surface area contributed by atoms with Crippen molar-refractivity contribution in [3.8, 4) is 0 Å². The Morgan fingerprint density at radius 3 is 1.46 bits per heavy atom. The first kappa shape index (κ1) is 54.3. The minimum Gasteiger partial charge on any atom is -0.469 e. The Morgan fingerprint density at radius 2 is 1.04 bits per heavy atom. The van der Waals surface area contributed by atoms with Crippen molar-refractivity contribution in [2.45, 2.75) is 150 Å². The van der Waals surface area contributed by atoms with Gasteiger partial charge in [0.25, 0.3) is 0 Å². The zero-order chi connectivity index (χ0) is 50.2. The third-order valence-electron chi connectivity index (χ3n) is 11.9. The Kier molecular flexibility index (Phi) is 18.0. The number of methoxy groups -OCH3 is 2. The van der Waals surface area contributed by atoms with Gasteiger partial charge in [-0.15, -0.1) is 0 Å². The second kappa shape index (κ2) is 22.2. The molecule has 2 N–H and O–H groups in total. The number of hydrogen-bond donors (Lipinski definition) is 2. The predicted octanol–water partition coefficient (Wildman–Crippen LogP) is 5.85. The number of esters is 2. The van der Waals surface area contributed by atoms with Crippen LogP contribution in [0.5, 0.6) is 0 Å². The van der Waals surface area contributed by atoms with Crippen LogP contribution in [0.4, 0.5) is 15.5 Å². The van der Waals surface area contributed by atoms with E-state index >= 15 is 0 Å². The van der Waals surface area contributed by atoms with Crippen LogP contribution in [0.2, 0.25) is 5.28 Å². The highest BCUT2D eigenvalue weighted by molar-refractivity contribution is 6.28. The number of nitrogens with one attached hydrogen (secondary N) is 2. The van der Waals surface area contributed by atoms with Gasteiger partial charge in [0.2, 0.25) is 23.0 Å². The largest absolute Gasteiger partial charge is 0.469 e. The summed E-state index contributed by atoms with van der Waals surface area (Å²) in [4.78, 5) is 98.3. The summed E-state index contributed by atoms with van der Waals surface area (Å²) in [7, 11) is 2.74. The number of carbonyl (C=O) groups excluding carboxylic acids is 6. The van der Waals surface area contributed by atoms with E-state index in [-0.39, 0.29) is 41.8 Å². The minimum absolute atomic E-state index is 0.123. The molecule has 0 radical (unpaired) electrons. The van der Waals surface area contributed by atoms with Gasteiger partial charge in [0, 0.05) is 50.5 Å². The lowest BCUT2D eigenvalue weighted by atomic mass is 9.85. The summed E-state index contributed by atoms with van der Waals surface area (Å²) in [5.41, 5.74) is -2.40. The number of nitrogens with zero attached hydrogens (tertiary/aromatic N) is 7. The maximum Gasteiger partial charge on any atom is 0.408 e. The zero-order valence-electron chi connectivity index (χ0n) is 41.6. The van der Waals surface area contributed by atoms with Crippen molar-refractivity contribution in [1.82, 2.24) is 40.4 Å². The highest BCUT2D eigenvalue weighted by Crippen LogP contribution is 2.43. The number of fused-ring (bicyclic) bond motifs is 2. The number of halogens is 1. The molecule has 1 aliphatic carbocycles. The fraction of sp³-hybridized carbons (Fsp3) is 0.702. The van der Waals surface area contributed by atoms with Crippen LogP contribution < -0.4 is 15.5 Å². The van der Waals surface area contributed by atoms with E-state index in [1.54, 1.807) is 88.3 Å². The van der Waals surface area contributed by atoms with E-state index in [9.17, 15) is 28.8 Å². The van der Waals surface area contributed by atoms with Crippen molar-refractivity contribution in [3.63, 3.8) is 0 Å². The summed E-state index contributed by atoms with van der Waals surface area (Å²) in [6.07, 6.45) is 8.44. The van der Waals surface area contributed by atoms with Crippen LogP contribution in [-0.2, 0) is 38.1 Å². The number of aromatic nitrogens is 4. The first-order chi connectivity index (χ1) is 31.1. The highest BCUT2D eigenvalue weighted by atomic mass is 35.5. The Hall–Kier alpha value is -5.33. The molecule has 4 amide bonds. The van der Waals surface area contributed by atoms with Gasteiger partial charge in [-0.25, -0.2) is 29.5 Å². The molecule has 0 unspecified atom stereocenters. The summed E-state index contributed by atoms with van der Waals surface area (Å²) >= 11 is 5.32. The number of likely N-dealkylation sites (tertiary alicyclic amines) is 2. The van der Waals surface area contributed by atoms with E-state index in [1.165, 1.54) is 14.2 Å². The minimum atomic E-state index is -0.827. The standard InChI is InChI=1S/C23H35N5O5.C20H34N2O5.C4H3ClN2/c1-22(2,3)17(26-21(31)33-23(4,5)6)18(29)27-12-9-15-16(27)14(19(30)32-7)13-28(15)20-24-10-8-11-25-20;1-19(2,3)15(21-18(25)27-20(4,5)6)16(23)22-11-10-12-8-9-13(14(12)22)17(24)26-7;5-4-6-2-1-3-7-4/h8,10-11,14-17H,9,12-13H2,1-7H3,(H,26,31);12-15H,8-11H2,1-7H3,(H,21,25);1-3H/t14-,15+,16+,17+;12-,13+,14+,15-;/m01./s1. The van der Waals surface area contributed by atoms with E-state index in [2.05, 4.69) is 30.6 Å². The highest BCUT2D eigenvalue weighted by Gasteiger charge is 2.56. The summed E-state index contributed by atoms with van der Waals surface area (Å²) in [5, 5.41) is 5.82. The summed E-state index contributed by atoms with van der Waals surface area (Å²) < 4.78 is 20.8. The molecule has 2 aromatic rings. The second-order valence-corrected chi connectivity index (χ2v) is 21.7. The number of rotatable bonds is 7. The van der Waals surface area contributed by atoms with Gasteiger partial charge < -0.3 is 44.3 Å². The van der Waals surface area contributed by atoms with E-state index < -0.39 is 58.3 Å². The number of carbonyl (C=O) groups is 6. The molecule has 3 aliphatic heterocycles. The smallest absolute Gasteiger partial charge is 0.408 e. The SMILES string of the molecule is COC(=O)[C@H]1CC[C@@H]2CCN(C(=O)[C@@H](NC(=O)OC(C)(C)C)C(C)(C)C)[C@@H]21.COC(=O)[C@H]1CN(c2ncccn2)[C@@H]2CCN(C(=O)[C@@H](NC(=O)OC(C)(C)C)C(C)(C)C)[C@H]12.Clc1ncccn1. The molecule has 6 rings (SSSR count). The molecule has 67 heavy (non-hydrogen) atoms. The van der Waals surface area contributed by atoms with Gasteiger partial charge in [-0.3, -0.25) is 19.2 Å². The molecule has 4 aliphatic rings. The normalized spacial score (nSPS) is 23.2. The number of anilines is 1. The van der Waals surface area contributed by atoms with Gasteiger partial charge in [-0.05, 0) is 108 Å². The Morgan fingerprint density at radius 1 is 0.612 bits per heavy atom. The number of ether oxygens (including phenoxy) is 4.